The fourth-order valence-electron chi connectivity index (χ4n) is 0.789. The summed E-state index contributed by atoms with van der Waals surface area (Å²) >= 11 is 0. The van der Waals surface area contributed by atoms with E-state index in [4.69, 9.17) is 5.73 Å². The Morgan fingerprint density at radius 3 is 2.38 bits per heavy atom. The summed E-state index contributed by atoms with van der Waals surface area (Å²) < 4.78 is 16.6. The molecule has 0 spiro atoms. The predicted octanol–water partition coefficient (Wildman–Crippen LogP) is 2.53. The summed E-state index contributed by atoms with van der Waals surface area (Å²) in [5.74, 6) is -0.519. The highest BCUT2D eigenvalue weighted by Crippen LogP contribution is 2.01. The number of nitrogen functional groups attached to an aromatic ring is 1. The summed E-state index contributed by atoms with van der Waals surface area (Å²) in [6.45, 7) is 4.00. The van der Waals surface area contributed by atoms with E-state index in [2.05, 4.69) is 4.74 Å². The molecule has 0 aliphatic carbocycles. The molecule has 2 N–H and O–H groups in total. The van der Waals surface area contributed by atoms with Gasteiger partial charge in [-0.1, -0.05) is 6.08 Å². The van der Waals surface area contributed by atoms with Crippen molar-refractivity contribution in [3.8, 4) is 0 Å². The quantitative estimate of drug-likeness (QED) is 0.478. The molecular weight excluding hydrogens is 209 g/mol. The number of carbonyl (C=O) groups excluding carboxylic acids is 1. The molecule has 0 atom stereocenters. The van der Waals surface area contributed by atoms with Crippen molar-refractivity contribution in [1.82, 2.24) is 0 Å². The summed E-state index contributed by atoms with van der Waals surface area (Å²) in [5, 5.41) is 0. The number of allylic oxidation sites excluding steroid dienone is 1. The zero-order valence-corrected chi connectivity index (χ0v) is 9.44. The molecule has 0 fully saturated rings. The highest BCUT2D eigenvalue weighted by Gasteiger charge is 1.88. The van der Waals surface area contributed by atoms with Crippen LogP contribution >= 0.6 is 0 Å². The van der Waals surface area contributed by atoms with Gasteiger partial charge in [0.05, 0.1) is 6.61 Å². The van der Waals surface area contributed by atoms with E-state index in [-0.39, 0.29) is 11.8 Å². The van der Waals surface area contributed by atoms with Crippen molar-refractivity contribution in [2.75, 3.05) is 12.3 Å². The van der Waals surface area contributed by atoms with Gasteiger partial charge in [0.2, 0.25) is 0 Å². The van der Waals surface area contributed by atoms with Crippen molar-refractivity contribution in [2.24, 2.45) is 0 Å². The number of anilines is 1. The second-order valence-corrected chi connectivity index (χ2v) is 2.80. The lowest BCUT2D eigenvalue weighted by molar-refractivity contribution is -0.137. The largest absolute Gasteiger partial charge is 0.463 e. The van der Waals surface area contributed by atoms with Gasteiger partial charge >= 0.3 is 5.97 Å². The zero-order valence-electron chi connectivity index (χ0n) is 9.44. The highest BCUT2D eigenvalue weighted by atomic mass is 19.1. The normalized spacial score (nSPS) is 9.44. The molecule has 16 heavy (non-hydrogen) atoms. The summed E-state index contributed by atoms with van der Waals surface area (Å²) in [4.78, 5) is 10.3. The molecule has 0 radical (unpaired) electrons. The summed E-state index contributed by atoms with van der Waals surface area (Å²) in [6.07, 6.45) is 3.04. The summed E-state index contributed by atoms with van der Waals surface area (Å²) in [7, 11) is 0. The second kappa shape index (κ2) is 8.47. The third kappa shape index (κ3) is 7.55. The van der Waals surface area contributed by atoms with Crippen LogP contribution in [0, 0.1) is 5.82 Å². The molecule has 1 aromatic rings. The van der Waals surface area contributed by atoms with Crippen molar-refractivity contribution >= 4 is 11.7 Å². The lowest BCUT2D eigenvalue weighted by Crippen LogP contribution is -1.98. The minimum absolute atomic E-state index is 0.251. The molecule has 0 bridgehead atoms. The van der Waals surface area contributed by atoms with E-state index in [1.165, 1.54) is 30.3 Å². The third-order valence-electron chi connectivity index (χ3n) is 1.46. The number of benzene rings is 1. The Morgan fingerprint density at radius 1 is 1.44 bits per heavy atom. The van der Waals surface area contributed by atoms with Gasteiger partial charge in [-0.15, -0.1) is 0 Å². The average Bonchev–Trinajstić information content (AvgIpc) is 2.24. The van der Waals surface area contributed by atoms with Crippen LogP contribution in [0.25, 0.3) is 0 Å². The van der Waals surface area contributed by atoms with Crippen molar-refractivity contribution in [3.63, 3.8) is 0 Å². The minimum Gasteiger partial charge on any atom is -0.463 e. The molecule has 1 rings (SSSR count). The van der Waals surface area contributed by atoms with Gasteiger partial charge in [-0.25, -0.2) is 9.18 Å². The van der Waals surface area contributed by atoms with E-state index < -0.39 is 0 Å². The Morgan fingerprint density at radius 2 is 2.00 bits per heavy atom. The number of nitrogens with two attached hydrogens (primary N) is 1. The molecule has 1 aromatic carbocycles. The average molecular weight is 225 g/mol. The number of esters is 1. The fourth-order valence-corrected chi connectivity index (χ4v) is 0.789. The molecule has 0 amide bonds. The monoisotopic (exact) mass is 225 g/mol. The molecule has 88 valence electrons. The number of hydrogen-bond acceptors (Lipinski definition) is 3. The van der Waals surface area contributed by atoms with Crippen LogP contribution in [0.4, 0.5) is 10.1 Å². The Balaban J connectivity index is 0.000000281. The van der Waals surface area contributed by atoms with Crippen LogP contribution in [0.1, 0.15) is 13.8 Å². The predicted molar refractivity (Wildman–Crippen MR) is 62.3 cm³/mol. The first-order valence-corrected chi connectivity index (χ1v) is 4.90. The van der Waals surface area contributed by atoms with Gasteiger partial charge in [-0.05, 0) is 38.1 Å². The van der Waals surface area contributed by atoms with Gasteiger partial charge in [0.25, 0.3) is 0 Å². The maximum absolute atomic E-state index is 12.0. The molecule has 0 unspecified atom stereocenters. The SMILES string of the molecule is C/C=C/C(=O)OCC.Nc1ccc(F)cc1. The molecule has 0 aliphatic rings. The number of ether oxygens (including phenoxy) is 1. The van der Waals surface area contributed by atoms with Crippen LogP contribution in [0.2, 0.25) is 0 Å². The first-order chi connectivity index (χ1) is 7.60. The van der Waals surface area contributed by atoms with Crippen LogP contribution in [0.5, 0.6) is 0 Å². The molecular formula is C12H16FNO2. The van der Waals surface area contributed by atoms with Gasteiger partial charge in [0.1, 0.15) is 5.82 Å². The minimum atomic E-state index is -0.269. The molecule has 0 heterocycles. The van der Waals surface area contributed by atoms with E-state index in [1.54, 1.807) is 19.9 Å². The highest BCUT2D eigenvalue weighted by molar-refractivity contribution is 5.81. The zero-order chi connectivity index (χ0) is 12.4. The molecule has 0 aromatic heterocycles. The molecule has 3 nitrogen and oxygen atoms in total. The van der Waals surface area contributed by atoms with Crippen LogP contribution in [0.15, 0.2) is 36.4 Å². The maximum Gasteiger partial charge on any atom is 0.330 e. The number of halogens is 1. The van der Waals surface area contributed by atoms with E-state index in [9.17, 15) is 9.18 Å². The number of hydrogen-bond donors (Lipinski definition) is 1. The standard InChI is InChI=1S/C6H6FN.C6H10O2/c7-5-1-3-6(8)4-2-5;1-3-5-6(7)8-4-2/h1-4H,8H2;3,5H,4H2,1-2H3/b;5-3+. The van der Waals surface area contributed by atoms with Crippen LogP contribution in [0.3, 0.4) is 0 Å². The van der Waals surface area contributed by atoms with Crippen LogP contribution < -0.4 is 5.73 Å². The fraction of sp³-hybridized carbons (Fsp3) is 0.250. The Labute approximate surface area is 94.7 Å². The Kier molecular flexibility index (Phi) is 7.49. The smallest absolute Gasteiger partial charge is 0.330 e. The maximum atomic E-state index is 12.0. The third-order valence-corrected chi connectivity index (χ3v) is 1.46. The van der Waals surface area contributed by atoms with E-state index in [1.807, 2.05) is 0 Å². The first kappa shape index (κ1) is 14.2. The van der Waals surface area contributed by atoms with Gasteiger partial charge < -0.3 is 10.5 Å². The summed E-state index contributed by atoms with van der Waals surface area (Å²) in [6, 6.07) is 5.70. The Hall–Kier alpha value is -1.84. The molecule has 0 saturated carbocycles. The first-order valence-electron chi connectivity index (χ1n) is 4.90. The van der Waals surface area contributed by atoms with Gasteiger partial charge in [-0.3, -0.25) is 0 Å². The summed E-state index contributed by atoms with van der Waals surface area (Å²) in [5.41, 5.74) is 5.85. The number of rotatable bonds is 2. The van der Waals surface area contributed by atoms with Crippen molar-refractivity contribution in [2.45, 2.75) is 13.8 Å². The van der Waals surface area contributed by atoms with Gasteiger partial charge in [-0.2, -0.15) is 0 Å². The topological polar surface area (TPSA) is 52.3 Å². The lowest BCUT2D eigenvalue weighted by atomic mass is 10.3. The lowest BCUT2D eigenvalue weighted by Gasteiger charge is -1.91. The van der Waals surface area contributed by atoms with Gasteiger partial charge in [0, 0.05) is 11.8 Å². The van der Waals surface area contributed by atoms with E-state index in [0.717, 1.165) is 0 Å². The molecule has 0 aliphatic heterocycles. The van der Waals surface area contributed by atoms with Gasteiger partial charge in [0.15, 0.2) is 0 Å². The number of carbonyl (C=O) groups is 1. The van der Waals surface area contributed by atoms with Crippen LogP contribution in [-0.2, 0) is 9.53 Å². The second-order valence-electron chi connectivity index (χ2n) is 2.80. The van der Waals surface area contributed by atoms with Crippen molar-refractivity contribution in [3.05, 3.63) is 42.2 Å². The van der Waals surface area contributed by atoms with Crippen molar-refractivity contribution in [1.29, 1.82) is 0 Å². The van der Waals surface area contributed by atoms with Crippen molar-refractivity contribution < 1.29 is 13.9 Å². The van der Waals surface area contributed by atoms with E-state index in [0.29, 0.717) is 12.3 Å². The molecule has 0 saturated heterocycles. The van der Waals surface area contributed by atoms with E-state index >= 15 is 0 Å². The molecule has 4 heteroatoms. The Bertz CT molecular complexity index is 312. The van der Waals surface area contributed by atoms with Crippen LogP contribution in [-0.4, -0.2) is 12.6 Å².